The highest BCUT2D eigenvalue weighted by molar-refractivity contribution is 6.21. The minimum atomic E-state index is -0.198. The highest BCUT2D eigenvalue weighted by atomic mass is 15.0. The Labute approximate surface area is 316 Å². The van der Waals surface area contributed by atoms with Gasteiger partial charge in [-0.1, -0.05) is 162 Å². The molecule has 54 heavy (non-hydrogen) atoms. The summed E-state index contributed by atoms with van der Waals surface area (Å²) in [4.78, 5) is 10.4. The molecule has 0 bridgehead atoms. The second kappa shape index (κ2) is 11.8. The maximum atomic E-state index is 5.26. The largest absolute Gasteiger partial charge is 0.309 e. The molecule has 6 aromatic carbocycles. The molecule has 3 nitrogen and oxygen atoms in total. The lowest BCUT2D eigenvalue weighted by Gasteiger charge is -2.35. The molecular weight excluding hydrogens is 655 g/mol. The normalized spacial score (nSPS) is 16.7. The number of para-hydroxylation sites is 2. The van der Waals surface area contributed by atoms with Gasteiger partial charge in [0.2, 0.25) is 0 Å². The average Bonchev–Trinajstić information content (AvgIpc) is 3.67. The van der Waals surface area contributed by atoms with E-state index in [0.717, 1.165) is 45.4 Å². The molecule has 0 N–H and O–H groups in total. The first-order chi connectivity index (χ1) is 26.2. The number of nitrogens with zero attached hydrogens (tertiary/aromatic N) is 3. The van der Waals surface area contributed by atoms with Gasteiger partial charge in [0.1, 0.15) is 0 Å². The van der Waals surface area contributed by atoms with Gasteiger partial charge in [-0.2, -0.15) is 0 Å². The smallest absolute Gasteiger partial charge is 0.160 e. The Morgan fingerprint density at radius 1 is 0.648 bits per heavy atom. The van der Waals surface area contributed by atoms with Crippen LogP contribution in [0.25, 0.3) is 77.7 Å². The summed E-state index contributed by atoms with van der Waals surface area (Å²) in [5.41, 5.74) is 16.1. The van der Waals surface area contributed by atoms with Crippen molar-refractivity contribution in [3.8, 4) is 39.5 Å². The molecule has 0 unspecified atom stereocenters. The standard InChI is InChI=1S/C51H41N3/c1-32-19-8-7-17-30-50(2,3)45-42(32)48-44(43-36-24-11-14-27-39(36)51(4,5)46(43)45)38-26-13-16-29-41(38)54(48)35-23-18-22-34(31-35)49-52-40-28-15-12-25-37(40)47(53-49)33-20-9-6-10-21-33/h6-29,31H,1,30H2,2-5H3/b17-7-,19-8-. The molecule has 2 aromatic heterocycles. The molecule has 260 valence electrons. The first-order valence-corrected chi connectivity index (χ1v) is 18.9. The third-order valence-corrected chi connectivity index (χ3v) is 11.8. The molecule has 2 aliphatic carbocycles. The lowest BCUT2D eigenvalue weighted by atomic mass is 9.68. The summed E-state index contributed by atoms with van der Waals surface area (Å²) in [7, 11) is 0. The van der Waals surface area contributed by atoms with Gasteiger partial charge in [-0.25, -0.2) is 9.97 Å². The molecule has 0 spiro atoms. The minimum absolute atomic E-state index is 0.172. The molecule has 0 amide bonds. The van der Waals surface area contributed by atoms with Crippen LogP contribution in [-0.2, 0) is 10.8 Å². The van der Waals surface area contributed by atoms with Gasteiger partial charge in [0.15, 0.2) is 5.82 Å². The zero-order chi connectivity index (χ0) is 36.8. The molecule has 0 fully saturated rings. The number of fused-ring (bicyclic) bond motifs is 11. The number of allylic oxidation sites excluding steroid dienone is 5. The Morgan fingerprint density at radius 2 is 1.37 bits per heavy atom. The zero-order valence-electron chi connectivity index (χ0n) is 31.2. The Bertz CT molecular complexity index is 2920. The van der Waals surface area contributed by atoms with Crippen LogP contribution in [0.3, 0.4) is 0 Å². The fourth-order valence-corrected chi connectivity index (χ4v) is 9.36. The quantitative estimate of drug-likeness (QED) is 0.184. The summed E-state index contributed by atoms with van der Waals surface area (Å²) in [6, 6.07) is 45.5. The van der Waals surface area contributed by atoms with Crippen molar-refractivity contribution in [1.29, 1.82) is 0 Å². The molecular formula is C51H41N3. The molecule has 8 aromatic rings. The molecule has 10 rings (SSSR count). The van der Waals surface area contributed by atoms with Crippen molar-refractivity contribution in [3.63, 3.8) is 0 Å². The van der Waals surface area contributed by atoms with Crippen molar-refractivity contribution in [2.75, 3.05) is 0 Å². The predicted octanol–water partition coefficient (Wildman–Crippen LogP) is 13.2. The monoisotopic (exact) mass is 695 g/mol. The Balaban J connectivity index is 1.33. The highest BCUT2D eigenvalue weighted by Gasteiger charge is 2.44. The molecule has 0 atom stereocenters. The first-order valence-electron chi connectivity index (χ1n) is 18.9. The molecule has 2 heterocycles. The van der Waals surface area contributed by atoms with Crippen LogP contribution < -0.4 is 0 Å². The summed E-state index contributed by atoms with van der Waals surface area (Å²) in [5, 5.41) is 3.57. The topological polar surface area (TPSA) is 30.7 Å². The number of hydrogen-bond acceptors (Lipinski definition) is 2. The summed E-state index contributed by atoms with van der Waals surface area (Å²) in [6.45, 7) is 14.5. The van der Waals surface area contributed by atoms with Crippen LogP contribution in [-0.4, -0.2) is 14.5 Å². The van der Waals surface area contributed by atoms with Crippen LogP contribution in [0.1, 0.15) is 56.4 Å². The van der Waals surface area contributed by atoms with E-state index in [-0.39, 0.29) is 10.8 Å². The number of hydrogen-bond donors (Lipinski definition) is 0. The van der Waals surface area contributed by atoms with Crippen LogP contribution in [0, 0.1) is 0 Å². The fourth-order valence-electron chi connectivity index (χ4n) is 9.36. The van der Waals surface area contributed by atoms with Gasteiger partial charge >= 0.3 is 0 Å². The molecule has 0 saturated carbocycles. The third-order valence-electron chi connectivity index (χ3n) is 11.8. The molecule has 3 heteroatoms. The van der Waals surface area contributed by atoms with Crippen molar-refractivity contribution >= 4 is 38.3 Å². The maximum absolute atomic E-state index is 5.26. The van der Waals surface area contributed by atoms with E-state index >= 15 is 0 Å². The summed E-state index contributed by atoms with van der Waals surface area (Å²) in [6.07, 6.45) is 9.77. The van der Waals surface area contributed by atoms with Gasteiger partial charge in [-0.15, -0.1) is 0 Å². The SMILES string of the molecule is C=C1/C=C\C=C/CC(C)(C)c2c3c(c4c5ccccc5n(-c5cccc(-c6nc(-c7ccccc7)c7ccccc7n6)c5)c4c21)-c1ccccc1C3(C)C. The van der Waals surface area contributed by atoms with E-state index in [1.54, 1.807) is 0 Å². The van der Waals surface area contributed by atoms with E-state index in [9.17, 15) is 0 Å². The van der Waals surface area contributed by atoms with E-state index in [0.29, 0.717) is 5.82 Å². The number of benzene rings is 6. The number of rotatable bonds is 3. The van der Waals surface area contributed by atoms with E-state index in [1.807, 2.05) is 6.07 Å². The van der Waals surface area contributed by atoms with E-state index < -0.39 is 0 Å². The lowest BCUT2D eigenvalue weighted by Crippen LogP contribution is -2.27. The van der Waals surface area contributed by atoms with Crippen molar-refractivity contribution in [1.82, 2.24) is 14.5 Å². The second-order valence-corrected chi connectivity index (χ2v) is 16.0. The summed E-state index contributed by atoms with van der Waals surface area (Å²) < 4.78 is 2.49. The van der Waals surface area contributed by atoms with Gasteiger partial charge in [-0.05, 0) is 69.5 Å². The summed E-state index contributed by atoms with van der Waals surface area (Å²) in [5.74, 6) is 0.707. The van der Waals surface area contributed by atoms with Crippen LogP contribution in [0.15, 0.2) is 158 Å². The molecule has 0 aliphatic heterocycles. The van der Waals surface area contributed by atoms with Crippen molar-refractivity contribution in [2.45, 2.75) is 44.9 Å². The van der Waals surface area contributed by atoms with Gasteiger partial charge in [0, 0.05) is 44.0 Å². The van der Waals surface area contributed by atoms with E-state index in [1.165, 1.54) is 55.2 Å². The number of aromatic nitrogens is 3. The van der Waals surface area contributed by atoms with Crippen molar-refractivity contribution < 1.29 is 0 Å². The minimum Gasteiger partial charge on any atom is -0.309 e. The van der Waals surface area contributed by atoms with E-state index in [4.69, 9.17) is 16.5 Å². The van der Waals surface area contributed by atoms with Crippen LogP contribution in [0.5, 0.6) is 0 Å². The summed E-state index contributed by atoms with van der Waals surface area (Å²) >= 11 is 0. The van der Waals surface area contributed by atoms with Crippen molar-refractivity contribution in [2.24, 2.45) is 0 Å². The van der Waals surface area contributed by atoms with Crippen LogP contribution in [0.2, 0.25) is 0 Å². The molecule has 0 radical (unpaired) electrons. The van der Waals surface area contributed by atoms with Crippen molar-refractivity contribution in [3.05, 3.63) is 181 Å². The lowest BCUT2D eigenvalue weighted by molar-refractivity contribution is 0.513. The molecule has 0 saturated heterocycles. The predicted molar refractivity (Wildman–Crippen MR) is 227 cm³/mol. The van der Waals surface area contributed by atoms with Gasteiger partial charge in [-0.3, -0.25) is 0 Å². The zero-order valence-corrected chi connectivity index (χ0v) is 31.2. The average molecular weight is 696 g/mol. The van der Waals surface area contributed by atoms with Crippen LogP contribution in [0.4, 0.5) is 0 Å². The Morgan fingerprint density at radius 3 is 2.22 bits per heavy atom. The maximum Gasteiger partial charge on any atom is 0.160 e. The van der Waals surface area contributed by atoms with Gasteiger partial charge in [0.05, 0.1) is 22.2 Å². The third kappa shape index (κ3) is 4.67. The fraction of sp³-hybridized carbons (Fsp3) is 0.137. The molecule has 2 aliphatic rings. The first kappa shape index (κ1) is 32.3. The van der Waals surface area contributed by atoms with E-state index in [2.05, 4.69) is 178 Å². The van der Waals surface area contributed by atoms with Gasteiger partial charge < -0.3 is 4.57 Å². The Hall–Kier alpha value is -6.32. The second-order valence-electron chi connectivity index (χ2n) is 16.0. The Kier molecular flexibility index (Phi) is 7.09. The van der Waals surface area contributed by atoms with Crippen LogP contribution >= 0.6 is 0 Å². The highest BCUT2D eigenvalue weighted by Crippen LogP contribution is 2.59. The van der Waals surface area contributed by atoms with Gasteiger partial charge in [0.25, 0.3) is 0 Å².